The first kappa shape index (κ1) is 6.20. The highest BCUT2D eigenvalue weighted by molar-refractivity contribution is 5.90. The van der Waals surface area contributed by atoms with Crippen LogP contribution >= 0.6 is 0 Å². The standard InChI is InChI=1S/C9H7NO/c11-9-6-5-7-3-1-2-4-8(7)10-9/h1,3-6,8H,(H,10,11). The van der Waals surface area contributed by atoms with E-state index in [0.717, 1.165) is 5.57 Å². The van der Waals surface area contributed by atoms with E-state index in [-0.39, 0.29) is 11.9 Å². The number of rotatable bonds is 0. The third-order valence-electron chi connectivity index (χ3n) is 1.72. The zero-order chi connectivity index (χ0) is 7.68. The van der Waals surface area contributed by atoms with Crippen LogP contribution in [0.3, 0.4) is 0 Å². The van der Waals surface area contributed by atoms with Gasteiger partial charge in [-0.25, -0.2) is 0 Å². The molecule has 1 heterocycles. The lowest BCUT2D eigenvalue weighted by atomic mass is 10.0. The van der Waals surface area contributed by atoms with Crippen LogP contribution in [0.15, 0.2) is 41.7 Å². The fourth-order valence-electron chi connectivity index (χ4n) is 1.15. The van der Waals surface area contributed by atoms with E-state index in [1.165, 1.54) is 6.08 Å². The first-order valence-corrected chi connectivity index (χ1v) is 3.47. The molecule has 1 unspecified atom stereocenters. The number of carbonyl (C=O) groups is 1. The molecule has 1 aliphatic heterocycles. The third kappa shape index (κ3) is 1.04. The van der Waals surface area contributed by atoms with Crippen LogP contribution in [0.5, 0.6) is 0 Å². The van der Waals surface area contributed by atoms with Crippen molar-refractivity contribution in [3.63, 3.8) is 0 Å². The van der Waals surface area contributed by atoms with Crippen molar-refractivity contribution in [2.45, 2.75) is 6.04 Å². The molecule has 2 aliphatic rings. The van der Waals surface area contributed by atoms with E-state index < -0.39 is 0 Å². The summed E-state index contributed by atoms with van der Waals surface area (Å²) >= 11 is 0. The molecule has 1 amide bonds. The minimum atomic E-state index is -0.0351. The Labute approximate surface area is 64.6 Å². The minimum Gasteiger partial charge on any atom is -0.342 e. The van der Waals surface area contributed by atoms with Crippen molar-refractivity contribution in [2.75, 3.05) is 0 Å². The maximum atomic E-state index is 10.8. The monoisotopic (exact) mass is 145 g/mol. The zero-order valence-corrected chi connectivity index (χ0v) is 5.87. The van der Waals surface area contributed by atoms with Gasteiger partial charge in [0.25, 0.3) is 0 Å². The molecular weight excluding hydrogens is 138 g/mol. The number of hydrogen-bond donors (Lipinski definition) is 1. The van der Waals surface area contributed by atoms with Crippen molar-refractivity contribution in [2.24, 2.45) is 0 Å². The summed E-state index contributed by atoms with van der Waals surface area (Å²) in [5.41, 5.74) is 4.04. The summed E-state index contributed by atoms with van der Waals surface area (Å²) in [6.45, 7) is 0. The van der Waals surface area contributed by atoms with Gasteiger partial charge in [-0.2, -0.15) is 0 Å². The molecule has 1 N–H and O–H groups in total. The predicted octanol–water partition coefficient (Wildman–Crippen LogP) is 0.692. The van der Waals surface area contributed by atoms with E-state index in [9.17, 15) is 4.79 Å². The maximum Gasteiger partial charge on any atom is 0.244 e. The van der Waals surface area contributed by atoms with Gasteiger partial charge in [0.05, 0.1) is 6.04 Å². The molecule has 0 aromatic heterocycles. The fraction of sp³-hybridized carbons (Fsp3) is 0.111. The van der Waals surface area contributed by atoms with Crippen LogP contribution < -0.4 is 5.32 Å². The molecule has 0 bridgehead atoms. The van der Waals surface area contributed by atoms with Crippen LogP contribution in [-0.2, 0) is 4.79 Å². The summed E-state index contributed by atoms with van der Waals surface area (Å²) in [5.74, 6) is -0.0351. The number of amides is 1. The molecule has 2 heteroatoms. The van der Waals surface area contributed by atoms with Gasteiger partial charge in [-0.05, 0) is 23.8 Å². The highest BCUT2D eigenvalue weighted by atomic mass is 16.1. The SMILES string of the molecule is O=C1C=CC2=CC=C=CC2N1. The van der Waals surface area contributed by atoms with Crippen molar-refractivity contribution >= 4 is 5.91 Å². The second-order valence-electron chi connectivity index (χ2n) is 2.49. The van der Waals surface area contributed by atoms with Gasteiger partial charge in [-0.1, -0.05) is 6.08 Å². The third-order valence-corrected chi connectivity index (χ3v) is 1.72. The van der Waals surface area contributed by atoms with Gasteiger partial charge in [0.2, 0.25) is 5.91 Å². The Morgan fingerprint density at radius 3 is 3.27 bits per heavy atom. The molecule has 0 fully saturated rings. The van der Waals surface area contributed by atoms with Crippen molar-refractivity contribution in [1.82, 2.24) is 5.32 Å². The van der Waals surface area contributed by atoms with Crippen molar-refractivity contribution in [1.29, 1.82) is 0 Å². The van der Waals surface area contributed by atoms with Gasteiger partial charge in [-0.3, -0.25) is 4.79 Å². The average Bonchev–Trinajstić information content (AvgIpc) is 2.04. The van der Waals surface area contributed by atoms with Gasteiger partial charge in [0, 0.05) is 6.08 Å². The molecule has 1 aliphatic carbocycles. The molecule has 2 rings (SSSR count). The first-order chi connectivity index (χ1) is 5.36. The smallest absolute Gasteiger partial charge is 0.244 e. The lowest BCUT2D eigenvalue weighted by molar-refractivity contribution is -0.116. The highest BCUT2D eigenvalue weighted by Crippen LogP contribution is 2.12. The summed E-state index contributed by atoms with van der Waals surface area (Å²) in [6.07, 6.45) is 9.00. The quantitative estimate of drug-likeness (QED) is 0.499. The van der Waals surface area contributed by atoms with Crippen LogP contribution in [0.1, 0.15) is 0 Å². The highest BCUT2D eigenvalue weighted by Gasteiger charge is 2.15. The number of nitrogens with one attached hydrogen (secondary N) is 1. The Kier molecular flexibility index (Phi) is 1.27. The van der Waals surface area contributed by atoms with E-state index in [4.69, 9.17) is 0 Å². The molecule has 0 radical (unpaired) electrons. The maximum absolute atomic E-state index is 10.8. The van der Waals surface area contributed by atoms with E-state index in [1.54, 1.807) is 0 Å². The lowest BCUT2D eigenvalue weighted by Crippen LogP contribution is -2.36. The second kappa shape index (κ2) is 2.26. The summed E-state index contributed by atoms with van der Waals surface area (Å²) in [7, 11) is 0. The molecule has 0 aromatic rings. The molecule has 54 valence electrons. The van der Waals surface area contributed by atoms with Gasteiger partial charge >= 0.3 is 0 Å². The number of allylic oxidation sites excluding steroid dienone is 1. The van der Waals surface area contributed by atoms with E-state index in [2.05, 4.69) is 11.0 Å². The molecule has 11 heavy (non-hydrogen) atoms. The Morgan fingerprint density at radius 2 is 2.36 bits per heavy atom. The van der Waals surface area contributed by atoms with Gasteiger partial charge < -0.3 is 5.32 Å². The topological polar surface area (TPSA) is 29.1 Å². The number of hydrogen-bond acceptors (Lipinski definition) is 1. The molecule has 0 saturated heterocycles. The van der Waals surface area contributed by atoms with Crippen molar-refractivity contribution < 1.29 is 4.79 Å². The first-order valence-electron chi connectivity index (χ1n) is 3.47. The van der Waals surface area contributed by atoms with Crippen molar-refractivity contribution in [3.8, 4) is 0 Å². The Hall–Kier alpha value is -1.53. The average molecular weight is 145 g/mol. The molecule has 2 nitrogen and oxygen atoms in total. The summed E-state index contributed by atoms with van der Waals surface area (Å²) < 4.78 is 0. The van der Waals surface area contributed by atoms with E-state index in [0.29, 0.717) is 0 Å². The predicted molar refractivity (Wildman–Crippen MR) is 41.8 cm³/mol. The van der Waals surface area contributed by atoms with Crippen molar-refractivity contribution in [3.05, 3.63) is 41.7 Å². The normalized spacial score (nSPS) is 26.0. The Balaban J connectivity index is 2.39. The second-order valence-corrected chi connectivity index (χ2v) is 2.49. The summed E-state index contributed by atoms with van der Waals surface area (Å²) in [4.78, 5) is 10.8. The Bertz CT molecular complexity index is 316. The molecule has 0 spiro atoms. The van der Waals surface area contributed by atoms with Gasteiger partial charge in [0.1, 0.15) is 0 Å². The summed E-state index contributed by atoms with van der Waals surface area (Å²) in [5, 5.41) is 2.79. The minimum absolute atomic E-state index is 0.0351. The molecule has 0 saturated carbocycles. The van der Waals surface area contributed by atoms with Gasteiger partial charge in [-0.15, -0.1) is 5.73 Å². The summed E-state index contributed by atoms with van der Waals surface area (Å²) in [6, 6.07) is 0.0394. The molecule has 1 atom stereocenters. The largest absolute Gasteiger partial charge is 0.342 e. The number of fused-ring (bicyclic) bond motifs is 1. The van der Waals surface area contributed by atoms with Crippen LogP contribution in [0.25, 0.3) is 0 Å². The van der Waals surface area contributed by atoms with Crippen LogP contribution in [0.2, 0.25) is 0 Å². The Morgan fingerprint density at radius 1 is 1.45 bits per heavy atom. The van der Waals surface area contributed by atoms with E-state index in [1.807, 2.05) is 24.3 Å². The van der Waals surface area contributed by atoms with Crippen LogP contribution in [0.4, 0.5) is 0 Å². The molecular formula is C9H7NO. The van der Waals surface area contributed by atoms with Gasteiger partial charge in [0.15, 0.2) is 0 Å². The van der Waals surface area contributed by atoms with Crippen LogP contribution in [0, 0.1) is 0 Å². The van der Waals surface area contributed by atoms with Crippen LogP contribution in [-0.4, -0.2) is 11.9 Å². The zero-order valence-electron chi connectivity index (χ0n) is 5.87. The number of carbonyl (C=O) groups excluding carboxylic acids is 1. The molecule has 0 aromatic carbocycles. The van der Waals surface area contributed by atoms with E-state index >= 15 is 0 Å². The fourth-order valence-corrected chi connectivity index (χ4v) is 1.15. The lowest BCUT2D eigenvalue weighted by Gasteiger charge is -2.19.